The van der Waals surface area contributed by atoms with Gasteiger partial charge in [0, 0.05) is 13.1 Å². The van der Waals surface area contributed by atoms with Gasteiger partial charge in [-0.2, -0.15) is 5.26 Å². The number of amides is 2. The van der Waals surface area contributed by atoms with Crippen LogP contribution in [-0.4, -0.2) is 30.7 Å². The minimum atomic E-state index is -0.0993. The van der Waals surface area contributed by atoms with Gasteiger partial charge in [-0.15, -0.1) is 0 Å². The molecule has 1 aliphatic heterocycles. The van der Waals surface area contributed by atoms with E-state index in [0.717, 1.165) is 35.5 Å². The van der Waals surface area contributed by atoms with Crippen LogP contribution in [-0.2, 0) is 6.54 Å². The average Bonchev–Trinajstić information content (AvgIpc) is 3.38. The standard InChI is InChI=1S/C23H25N3O3/c1-28-21-11-10-18(12-22(21)29-19-4-2-3-5-19)20-15-26(23(27)25-20)14-17-8-6-16(13-24)7-9-17/h6-12,19-20H,2-5,14-15H2,1H3,(H,25,27). The van der Waals surface area contributed by atoms with Gasteiger partial charge in [0.2, 0.25) is 0 Å². The second kappa shape index (κ2) is 8.44. The molecular formula is C23H25N3O3. The van der Waals surface area contributed by atoms with Gasteiger partial charge in [0.1, 0.15) is 0 Å². The van der Waals surface area contributed by atoms with Crippen molar-refractivity contribution in [3.63, 3.8) is 0 Å². The third kappa shape index (κ3) is 4.29. The van der Waals surface area contributed by atoms with Gasteiger partial charge in [-0.25, -0.2) is 4.79 Å². The van der Waals surface area contributed by atoms with Crippen molar-refractivity contribution in [2.75, 3.05) is 13.7 Å². The summed E-state index contributed by atoms with van der Waals surface area (Å²) in [5.74, 6) is 1.47. The second-order valence-electron chi connectivity index (χ2n) is 7.63. The Kier molecular flexibility index (Phi) is 5.57. The first-order valence-corrected chi connectivity index (χ1v) is 10.1. The molecule has 6 nitrogen and oxygen atoms in total. The SMILES string of the molecule is COc1ccc(C2CN(Cc3ccc(C#N)cc3)C(=O)N2)cc1OC1CCCC1. The quantitative estimate of drug-likeness (QED) is 0.803. The molecule has 4 rings (SSSR count). The fourth-order valence-electron chi connectivity index (χ4n) is 4.01. The maximum absolute atomic E-state index is 12.5. The first-order valence-electron chi connectivity index (χ1n) is 10.1. The van der Waals surface area contributed by atoms with Crippen molar-refractivity contribution < 1.29 is 14.3 Å². The highest BCUT2D eigenvalue weighted by Gasteiger charge is 2.30. The van der Waals surface area contributed by atoms with Crippen molar-refractivity contribution in [3.05, 3.63) is 59.2 Å². The maximum Gasteiger partial charge on any atom is 0.318 e. The van der Waals surface area contributed by atoms with Crippen LogP contribution < -0.4 is 14.8 Å². The number of rotatable bonds is 6. The van der Waals surface area contributed by atoms with Crippen LogP contribution in [0.15, 0.2) is 42.5 Å². The Labute approximate surface area is 171 Å². The van der Waals surface area contributed by atoms with E-state index in [9.17, 15) is 4.79 Å². The molecule has 1 saturated carbocycles. The summed E-state index contributed by atoms with van der Waals surface area (Å²) in [6.07, 6.45) is 4.80. The van der Waals surface area contributed by atoms with E-state index in [1.54, 1.807) is 24.1 Å². The maximum atomic E-state index is 12.5. The summed E-state index contributed by atoms with van der Waals surface area (Å²) < 4.78 is 11.7. The van der Waals surface area contributed by atoms with E-state index >= 15 is 0 Å². The topological polar surface area (TPSA) is 74.6 Å². The van der Waals surface area contributed by atoms with Crippen molar-refractivity contribution in [2.45, 2.75) is 44.4 Å². The van der Waals surface area contributed by atoms with E-state index in [0.29, 0.717) is 18.7 Å². The Morgan fingerprint density at radius 3 is 2.59 bits per heavy atom. The van der Waals surface area contributed by atoms with Gasteiger partial charge >= 0.3 is 6.03 Å². The molecule has 1 unspecified atom stereocenters. The fourth-order valence-corrected chi connectivity index (χ4v) is 4.01. The van der Waals surface area contributed by atoms with Gasteiger partial charge in [0.05, 0.1) is 30.9 Å². The van der Waals surface area contributed by atoms with E-state index in [4.69, 9.17) is 14.7 Å². The van der Waals surface area contributed by atoms with Crippen LogP contribution in [0.3, 0.4) is 0 Å². The lowest BCUT2D eigenvalue weighted by Gasteiger charge is -2.19. The number of carbonyl (C=O) groups excluding carboxylic acids is 1. The number of hydrogen-bond acceptors (Lipinski definition) is 4. The van der Waals surface area contributed by atoms with Gasteiger partial charge in [-0.05, 0) is 61.1 Å². The zero-order valence-corrected chi connectivity index (χ0v) is 16.6. The van der Waals surface area contributed by atoms with Crippen molar-refractivity contribution in [1.29, 1.82) is 5.26 Å². The highest BCUT2D eigenvalue weighted by molar-refractivity contribution is 5.77. The number of benzene rings is 2. The molecule has 2 aromatic rings. The highest BCUT2D eigenvalue weighted by atomic mass is 16.5. The van der Waals surface area contributed by atoms with Crippen LogP contribution in [0.2, 0.25) is 0 Å². The molecule has 2 amide bonds. The molecule has 6 heteroatoms. The van der Waals surface area contributed by atoms with Gasteiger partial charge in [0.15, 0.2) is 11.5 Å². The number of ether oxygens (including phenoxy) is 2. The van der Waals surface area contributed by atoms with Crippen LogP contribution in [0.4, 0.5) is 4.79 Å². The minimum absolute atomic E-state index is 0.0894. The molecule has 0 bridgehead atoms. The van der Waals surface area contributed by atoms with Crippen LogP contribution in [0.1, 0.15) is 48.4 Å². The Balaban J connectivity index is 1.46. The van der Waals surface area contributed by atoms with E-state index in [1.807, 2.05) is 30.3 Å². The molecule has 1 atom stereocenters. The van der Waals surface area contributed by atoms with Crippen LogP contribution in [0.5, 0.6) is 11.5 Å². The third-order valence-corrected chi connectivity index (χ3v) is 5.63. The number of methoxy groups -OCH3 is 1. The largest absolute Gasteiger partial charge is 0.493 e. The molecule has 2 fully saturated rings. The lowest BCUT2D eigenvalue weighted by Crippen LogP contribution is -2.27. The number of nitrogens with one attached hydrogen (secondary N) is 1. The summed E-state index contributed by atoms with van der Waals surface area (Å²) in [6.45, 7) is 1.09. The third-order valence-electron chi connectivity index (χ3n) is 5.63. The lowest BCUT2D eigenvalue weighted by atomic mass is 10.1. The Morgan fingerprint density at radius 1 is 1.14 bits per heavy atom. The summed E-state index contributed by atoms with van der Waals surface area (Å²) in [7, 11) is 1.65. The highest BCUT2D eigenvalue weighted by Crippen LogP contribution is 2.35. The molecule has 0 aromatic heterocycles. The fraction of sp³-hybridized carbons (Fsp3) is 0.391. The van der Waals surface area contributed by atoms with E-state index in [1.165, 1.54) is 12.8 Å². The first-order chi connectivity index (χ1) is 14.2. The van der Waals surface area contributed by atoms with Gasteiger partial charge < -0.3 is 19.7 Å². The summed E-state index contributed by atoms with van der Waals surface area (Å²) in [5.41, 5.74) is 2.62. The van der Waals surface area contributed by atoms with Crippen LogP contribution in [0, 0.1) is 11.3 Å². The smallest absolute Gasteiger partial charge is 0.318 e. The van der Waals surface area contributed by atoms with E-state index in [-0.39, 0.29) is 18.2 Å². The van der Waals surface area contributed by atoms with Crippen molar-refractivity contribution in [2.24, 2.45) is 0 Å². The second-order valence-corrected chi connectivity index (χ2v) is 7.63. The number of nitrogens with zero attached hydrogens (tertiary/aromatic N) is 2. The number of nitriles is 1. The summed E-state index contributed by atoms with van der Waals surface area (Å²) in [5, 5.41) is 12.0. The molecule has 2 aromatic carbocycles. The normalized spacial score (nSPS) is 19.1. The molecule has 150 valence electrons. The zero-order valence-electron chi connectivity index (χ0n) is 16.6. The predicted molar refractivity (Wildman–Crippen MR) is 109 cm³/mol. The Bertz CT molecular complexity index is 914. The first kappa shape index (κ1) is 19.1. The van der Waals surface area contributed by atoms with Crippen molar-refractivity contribution in [3.8, 4) is 17.6 Å². The molecule has 1 saturated heterocycles. The molecule has 1 N–H and O–H groups in total. The Morgan fingerprint density at radius 2 is 1.90 bits per heavy atom. The van der Waals surface area contributed by atoms with Crippen LogP contribution in [0.25, 0.3) is 0 Å². The molecule has 1 heterocycles. The lowest BCUT2D eigenvalue weighted by molar-refractivity contribution is 0.200. The molecule has 2 aliphatic rings. The van der Waals surface area contributed by atoms with Crippen molar-refractivity contribution >= 4 is 6.03 Å². The number of carbonyl (C=O) groups is 1. The molecular weight excluding hydrogens is 366 g/mol. The average molecular weight is 391 g/mol. The molecule has 29 heavy (non-hydrogen) atoms. The molecule has 0 spiro atoms. The van der Waals surface area contributed by atoms with Crippen molar-refractivity contribution in [1.82, 2.24) is 10.2 Å². The van der Waals surface area contributed by atoms with Crippen LogP contribution >= 0.6 is 0 Å². The predicted octanol–water partition coefficient (Wildman–Crippen LogP) is 4.15. The zero-order chi connectivity index (χ0) is 20.2. The van der Waals surface area contributed by atoms with Gasteiger partial charge in [0.25, 0.3) is 0 Å². The summed E-state index contributed by atoms with van der Waals surface area (Å²) >= 11 is 0. The molecule has 1 aliphatic carbocycles. The minimum Gasteiger partial charge on any atom is -0.493 e. The van der Waals surface area contributed by atoms with E-state index < -0.39 is 0 Å². The Hall–Kier alpha value is -3.20. The summed E-state index contributed by atoms with van der Waals surface area (Å²) in [6, 6.07) is 15.1. The number of urea groups is 1. The van der Waals surface area contributed by atoms with Gasteiger partial charge in [-0.1, -0.05) is 18.2 Å². The monoisotopic (exact) mass is 391 g/mol. The summed E-state index contributed by atoms with van der Waals surface area (Å²) in [4.78, 5) is 14.3. The molecule has 0 radical (unpaired) electrons. The number of hydrogen-bond donors (Lipinski definition) is 1. The van der Waals surface area contributed by atoms with E-state index in [2.05, 4.69) is 11.4 Å². The van der Waals surface area contributed by atoms with Gasteiger partial charge in [-0.3, -0.25) is 0 Å².